The SMILES string of the molecule is CC(=O)Nc1cccc(-c2cc(-c3cnn(CC#N)c3-c3cc(C)cc(O)c3)ccn2)c1.COc1cc(C)cc(-c2c(-c3ccnc(-c4cccc(NC(C)=O)c4)c3)cnn2CC#N)c1.CSC.FB(F)F. The van der Waals surface area contributed by atoms with Gasteiger partial charge < -0.3 is 20.5 Å². The summed E-state index contributed by atoms with van der Waals surface area (Å²) < 4.78 is 37.8. The van der Waals surface area contributed by atoms with E-state index in [1.807, 2.05) is 117 Å². The summed E-state index contributed by atoms with van der Waals surface area (Å²) in [5.74, 6) is 0.628. The first kappa shape index (κ1) is 54.3. The van der Waals surface area contributed by atoms with Gasteiger partial charge in [0.2, 0.25) is 11.8 Å². The van der Waals surface area contributed by atoms with E-state index < -0.39 is 7.54 Å². The maximum Gasteiger partial charge on any atom is 0.762 e. The molecule has 0 unspecified atom stereocenters. The second kappa shape index (κ2) is 26.3. The number of nitrogens with one attached hydrogen (secondary N) is 2. The number of ether oxygens (including phenoxy) is 1. The van der Waals surface area contributed by atoms with Crippen LogP contribution < -0.4 is 15.4 Å². The van der Waals surface area contributed by atoms with Gasteiger partial charge in [0.25, 0.3) is 0 Å². The number of nitriles is 2. The fraction of sp³-hybridized carbons (Fsp3) is 0.170. The van der Waals surface area contributed by atoms with Gasteiger partial charge in [-0.1, -0.05) is 24.3 Å². The summed E-state index contributed by atoms with van der Waals surface area (Å²) in [6.45, 7) is 7.06. The van der Waals surface area contributed by atoms with E-state index in [4.69, 9.17) is 4.74 Å². The van der Waals surface area contributed by atoms with E-state index in [0.717, 1.165) is 84.2 Å². The molecule has 0 bridgehead atoms. The Balaban J connectivity index is 0.000000237. The van der Waals surface area contributed by atoms with Gasteiger partial charge in [-0.3, -0.25) is 41.9 Å². The van der Waals surface area contributed by atoms with Gasteiger partial charge >= 0.3 is 7.54 Å². The molecule has 2 amide bonds. The van der Waals surface area contributed by atoms with E-state index in [0.29, 0.717) is 11.4 Å². The molecule has 0 aliphatic heterocycles. The molecule has 0 saturated heterocycles. The number of nitrogens with zero attached hydrogens (tertiary/aromatic N) is 8. The second-order valence-electron chi connectivity index (χ2n) is 15.8. The minimum atomic E-state index is -3.67. The lowest BCUT2D eigenvalue weighted by Gasteiger charge is -2.12. The van der Waals surface area contributed by atoms with Crippen LogP contribution in [0, 0.1) is 36.5 Å². The van der Waals surface area contributed by atoms with Gasteiger partial charge in [0.05, 0.1) is 54.4 Å². The number of aromatic nitrogens is 6. The number of rotatable bonds is 11. The van der Waals surface area contributed by atoms with Gasteiger partial charge in [-0.05, 0) is 134 Å². The van der Waals surface area contributed by atoms with Crippen molar-refractivity contribution in [3.63, 3.8) is 0 Å². The number of halogens is 3. The summed E-state index contributed by atoms with van der Waals surface area (Å²) in [5.41, 5.74) is 13.4. The zero-order chi connectivity index (χ0) is 52.3. The van der Waals surface area contributed by atoms with E-state index in [1.54, 1.807) is 65.2 Å². The second-order valence-corrected chi connectivity index (χ2v) is 16.6. The standard InChI is InChI=1S/C26H23N5O2.C25H21N5O2.C2H6S.BF3/c1-17-11-21(14-23(12-17)33-3)26-24(16-29-31(26)10-8-27)19-7-9-28-25(15-19)20-5-4-6-22(13-20)30-18(2)32;1-16-10-20(13-22(32)11-16)25-23(15-28-30(25)9-7-26)18-6-8-27-24(14-18)19-4-3-5-21(12-19)29-17(2)31;1-3-2;2-1(3)4/h4-7,9,11-16H,10H2,1-3H3,(H,30,32);3-6,8,10-15,32H,9H2,1-2H3,(H,29,31);1-2H3;. The first-order valence-corrected chi connectivity index (χ1v) is 23.5. The minimum Gasteiger partial charge on any atom is -0.508 e. The zero-order valence-corrected chi connectivity index (χ0v) is 41.3. The number of carbonyl (C=O) groups excluding carboxylic acids is 2. The van der Waals surface area contributed by atoms with Crippen molar-refractivity contribution in [3.05, 3.63) is 145 Å². The lowest BCUT2D eigenvalue weighted by atomic mass is 9.99. The molecular formula is C53H50BF3N10O4S. The molecule has 0 aliphatic rings. The van der Waals surface area contributed by atoms with Crippen LogP contribution in [-0.2, 0) is 22.7 Å². The zero-order valence-electron chi connectivity index (χ0n) is 40.5. The Morgan fingerprint density at radius 1 is 0.653 bits per heavy atom. The molecule has 0 fully saturated rings. The lowest BCUT2D eigenvalue weighted by Crippen LogP contribution is -2.05. The molecule has 0 atom stereocenters. The molecule has 0 spiro atoms. The molecule has 4 aromatic carbocycles. The smallest absolute Gasteiger partial charge is 0.508 e. The van der Waals surface area contributed by atoms with E-state index in [-0.39, 0.29) is 30.7 Å². The maximum absolute atomic E-state index is 11.4. The third-order valence-electron chi connectivity index (χ3n) is 10.1. The summed E-state index contributed by atoms with van der Waals surface area (Å²) in [7, 11) is -2.03. The van der Waals surface area contributed by atoms with Crippen LogP contribution in [0.15, 0.2) is 134 Å². The molecular weight excluding hydrogens is 941 g/mol. The highest BCUT2D eigenvalue weighted by Gasteiger charge is 2.19. The highest BCUT2D eigenvalue weighted by molar-refractivity contribution is 7.97. The average molecular weight is 991 g/mol. The first-order chi connectivity index (χ1) is 34.6. The number of hydrogen-bond acceptors (Lipinski definition) is 11. The van der Waals surface area contributed by atoms with Gasteiger partial charge in [-0.25, -0.2) is 0 Å². The van der Waals surface area contributed by atoms with Crippen LogP contribution >= 0.6 is 11.8 Å². The van der Waals surface area contributed by atoms with E-state index in [9.17, 15) is 38.2 Å². The third-order valence-corrected chi connectivity index (χ3v) is 10.1. The van der Waals surface area contributed by atoms with Gasteiger partial charge in [0.15, 0.2) is 0 Å². The van der Waals surface area contributed by atoms with Gasteiger partial charge in [0.1, 0.15) is 24.6 Å². The minimum absolute atomic E-state index is 0.0841. The monoisotopic (exact) mass is 990 g/mol. The number of hydrogen-bond donors (Lipinski definition) is 3. The number of carbonyl (C=O) groups is 2. The molecule has 8 rings (SSSR count). The number of aryl methyl sites for hydroxylation is 2. The quantitative estimate of drug-likeness (QED) is 0.104. The molecule has 4 heterocycles. The maximum atomic E-state index is 11.4. The fourth-order valence-corrected chi connectivity index (χ4v) is 7.51. The van der Waals surface area contributed by atoms with E-state index in [2.05, 4.69) is 49.0 Å². The van der Waals surface area contributed by atoms with Crippen molar-refractivity contribution in [3.8, 4) is 90.9 Å². The highest BCUT2D eigenvalue weighted by atomic mass is 32.2. The number of phenols is 1. The van der Waals surface area contributed by atoms with Crippen molar-refractivity contribution in [2.45, 2.75) is 40.8 Å². The Kier molecular flexibility index (Phi) is 19.9. The highest BCUT2D eigenvalue weighted by Crippen LogP contribution is 2.38. The molecule has 366 valence electrons. The topological polar surface area (TPSA) is 197 Å². The lowest BCUT2D eigenvalue weighted by molar-refractivity contribution is -0.115. The number of phenolic OH excluding ortho intramolecular Hbond substituents is 1. The predicted octanol–water partition coefficient (Wildman–Crippen LogP) is 11.7. The fourth-order valence-electron chi connectivity index (χ4n) is 7.51. The summed E-state index contributed by atoms with van der Waals surface area (Å²) in [5, 5.41) is 43.2. The van der Waals surface area contributed by atoms with Crippen molar-refractivity contribution >= 4 is 42.5 Å². The summed E-state index contributed by atoms with van der Waals surface area (Å²) in [6, 6.07) is 38.3. The summed E-state index contributed by atoms with van der Waals surface area (Å²) >= 11 is 1.75. The number of aromatic hydroxyl groups is 1. The van der Waals surface area contributed by atoms with E-state index in [1.165, 1.54) is 13.8 Å². The molecule has 4 aromatic heterocycles. The van der Waals surface area contributed by atoms with Crippen molar-refractivity contribution in [1.82, 2.24) is 29.5 Å². The Bertz CT molecular complexity index is 3220. The molecule has 19 heteroatoms. The van der Waals surface area contributed by atoms with Crippen molar-refractivity contribution < 1.29 is 32.4 Å². The van der Waals surface area contributed by atoms with Gasteiger partial charge in [-0.15, -0.1) is 0 Å². The molecule has 0 saturated carbocycles. The van der Waals surface area contributed by atoms with Crippen molar-refractivity contribution in [2.75, 3.05) is 30.3 Å². The van der Waals surface area contributed by atoms with Crippen LogP contribution in [0.3, 0.4) is 0 Å². The largest absolute Gasteiger partial charge is 0.762 e. The molecule has 14 nitrogen and oxygen atoms in total. The molecule has 72 heavy (non-hydrogen) atoms. The normalized spacial score (nSPS) is 10.1. The van der Waals surface area contributed by atoms with Crippen LogP contribution in [0.5, 0.6) is 11.5 Å². The van der Waals surface area contributed by atoms with Crippen molar-refractivity contribution in [1.29, 1.82) is 10.5 Å². The Hall–Kier alpha value is -8.68. The van der Waals surface area contributed by atoms with Gasteiger partial charge in [-0.2, -0.15) is 32.5 Å². The number of benzene rings is 4. The molecule has 8 aromatic rings. The van der Waals surface area contributed by atoms with Crippen LogP contribution in [0.25, 0.3) is 67.3 Å². The predicted molar refractivity (Wildman–Crippen MR) is 279 cm³/mol. The number of anilines is 2. The molecule has 3 N–H and O–H groups in total. The Morgan fingerprint density at radius 3 is 1.49 bits per heavy atom. The van der Waals surface area contributed by atoms with Gasteiger partial charge in [0, 0.05) is 71.0 Å². The third kappa shape index (κ3) is 15.2. The number of pyridine rings is 2. The number of methoxy groups -OCH3 is 1. The summed E-state index contributed by atoms with van der Waals surface area (Å²) in [6.07, 6.45) is 11.0. The average Bonchev–Trinajstić information content (AvgIpc) is 3.96. The number of thioether (sulfide) groups is 1. The molecule has 0 radical (unpaired) electrons. The van der Waals surface area contributed by atoms with E-state index >= 15 is 0 Å². The molecule has 0 aliphatic carbocycles. The van der Waals surface area contributed by atoms with Crippen LogP contribution in [0.1, 0.15) is 25.0 Å². The van der Waals surface area contributed by atoms with Crippen LogP contribution in [-0.4, -0.2) is 73.6 Å². The van der Waals surface area contributed by atoms with Crippen LogP contribution in [0.4, 0.5) is 24.3 Å². The van der Waals surface area contributed by atoms with Crippen molar-refractivity contribution in [2.24, 2.45) is 0 Å². The first-order valence-electron chi connectivity index (χ1n) is 21.9. The Morgan fingerprint density at radius 2 is 1.08 bits per heavy atom. The Labute approximate surface area is 420 Å². The van der Waals surface area contributed by atoms with Crippen LogP contribution in [0.2, 0.25) is 0 Å². The number of amides is 2. The summed E-state index contributed by atoms with van der Waals surface area (Å²) in [4.78, 5) is 31.9.